The van der Waals surface area contributed by atoms with Gasteiger partial charge in [-0.05, 0) is 0 Å². The first-order valence-electron chi connectivity index (χ1n) is 5.44. The van der Waals surface area contributed by atoms with E-state index in [0.717, 1.165) is 0 Å². The first-order valence-corrected chi connectivity index (χ1v) is 5.44. The maximum Gasteiger partial charge on any atom is 0.305 e. The fraction of sp³-hybridized carbons (Fsp3) is 0.818. The van der Waals surface area contributed by atoms with Crippen LogP contribution in [0.15, 0.2) is 0 Å². The highest BCUT2D eigenvalue weighted by atomic mass is 16.7. The van der Waals surface area contributed by atoms with Gasteiger partial charge in [-0.3, -0.25) is 9.59 Å². The van der Waals surface area contributed by atoms with Crippen molar-refractivity contribution in [3.63, 3.8) is 0 Å². The fourth-order valence-electron chi connectivity index (χ4n) is 1.80. The lowest BCUT2D eigenvalue weighted by atomic mass is 9.95. The number of carbonyl (C=O) groups excluding carboxylic acids is 2. The fourth-order valence-corrected chi connectivity index (χ4v) is 1.80. The minimum Gasteiger partial charge on any atom is -0.455 e. The van der Waals surface area contributed by atoms with Crippen LogP contribution in [-0.4, -0.2) is 44.2 Å². The molecule has 1 rings (SSSR count). The van der Waals surface area contributed by atoms with Gasteiger partial charge in [-0.2, -0.15) is 0 Å². The van der Waals surface area contributed by atoms with E-state index in [9.17, 15) is 9.59 Å². The minimum atomic E-state index is -0.863. The van der Waals surface area contributed by atoms with Crippen molar-refractivity contribution in [1.82, 2.24) is 0 Å². The van der Waals surface area contributed by atoms with Gasteiger partial charge >= 0.3 is 11.9 Å². The molecular formula is C11H18O6. The molecule has 0 spiro atoms. The molecule has 0 amide bonds. The Hall–Kier alpha value is -1.14. The highest BCUT2D eigenvalue weighted by Gasteiger charge is 2.42. The van der Waals surface area contributed by atoms with E-state index in [1.165, 1.54) is 13.8 Å². The van der Waals surface area contributed by atoms with Crippen LogP contribution < -0.4 is 0 Å². The second-order valence-corrected chi connectivity index (χ2v) is 4.02. The molecule has 0 unspecified atom stereocenters. The van der Waals surface area contributed by atoms with E-state index in [1.54, 1.807) is 7.11 Å². The summed E-state index contributed by atoms with van der Waals surface area (Å²) < 4.78 is 20.6. The number of carbonyl (C=O) groups is 2. The van der Waals surface area contributed by atoms with Gasteiger partial charge in [0, 0.05) is 26.9 Å². The molecule has 1 heterocycles. The Bertz CT molecular complexity index is 290. The third-order valence-corrected chi connectivity index (χ3v) is 2.68. The topological polar surface area (TPSA) is 71.1 Å². The molecule has 4 atom stereocenters. The van der Waals surface area contributed by atoms with Crippen LogP contribution >= 0.6 is 0 Å². The summed E-state index contributed by atoms with van der Waals surface area (Å²) in [6, 6.07) is 0. The standard InChI is InChI=1S/C11H18O6/c1-6-9(14-4)5-15-11(17-8(3)13)10(6)16-7(2)12/h6,9-11H,5H2,1-4H3/t6-,9+,10+,11-/m1/s1. The lowest BCUT2D eigenvalue weighted by Gasteiger charge is -2.38. The SMILES string of the molecule is CO[C@H]1CO[C@H](OC(C)=O)[C@@H](OC(C)=O)[C@@H]1C. The molecule has 0 aromatic carbocycles. The second kappa shape index (κ2) is 5.97. The summed E-state index contributed by atoms with van der Waals surface area (Å²) in [5, 5.41) is 0. The van der Waals surface area contributed by atoms with E-state index in [-0.39, 0.29) is 12.0 Å². The summed E-state index contributed by atoms with van der Waals surface area (Å²) in [6.45, 7) is 4.74. The van der Waals surface area contributed by atoms with Gasteiger partial charge in [0.2, 0.25) is 6.29 Å². The largest absolute Gasteiger partial charge is 0.455 e. The maximum atomic E-state index is 11.0. The normalized spacial score (nSPS) is 32.9. The molecule has 1 aliphatic rings. The third-order valence-electron chi connectivity index (χ3n) is 2.68. The zero-order valence-electron chi connectivity index (χ0n) is 10.5. The predicted octanol–water partition coefficient (Wildman–Crippen LogP) is 0.489. The van der Waals surface area contributed by atoms with E-state index >= 15 is 0 Å². The van der Waals surface area contributed by atoms with Crippen molar-refractivity contribution in [3.05, 3.63) is 0 Å². The number of ether oxygens (including phenoxy) is 4. The first kappa shape index (κ1) is 13.9. The number of methoxy groups -OCH3 is 1. The van der Waals surface area contributed by atoms with Crippen molar-refractivity contribution >= 4 is 11.9 Å². The Balaban J connectivity index is 2.75. The summed E-state index contributed by atoms with van der Waals surface area (Å²) in [7, 11) is 1.56. The Morgan fingerprint density at radius 3 is 2.24 bits per heavy atom. The van der Waals surface area contributed by atoms with Gasteiger partial charge in [0.1, 0.15) is 0 Å². The van der Waals surface area contributed by atoms with Crippen LogP contribution in [0.1, 0.15) is 20.8 Å². The smallest absolute Gasteiger partial charge is 0.305 e. The third kappa shape index (κ3) is 3.67. The van der Waals surface area contributed by atoms with E-state index in [4.69, 9.17) is 18.9 Å². The molecule has 0 aromatic heterocycles. The molecule has 0 aromatic rings. The van der Waals surface area contributed by atoms with Gasteiger partial charge in [-0.1, -0.05) is 6.92 Å². The molecule has 0 N–H and O–H groups in total. The maximum absolute atomic E-state index is 11.0. The quantitative estimate of drug-likeness (QED) is 0.675. The Labute approximate surface area is 100 Å². The number of esters is 2. The predicted molar refractivity (Wildman–Crippen MR) is 57.0 cm³/mol. The zero-order chi connectivity index (χ0) is 13.0. The summed E-state index contributed by atoms with van der Waals surface area (Å²) in [5.74, 6) is -1.03. The van der Waals surface area contributed by atoms with Crippen LogP contribution in [0.4, 0.5) is 0 Å². The summed E-state index contributed by atoms with van der Waals surface area (Å²) in [6.07, 6.45) is -1.70. The monoisotopic (exact) mass is 246 g/mol. The molecule has 6 nitrogen and oxygen atoms in total. The van der Waals surface area contributed by atoms with E-state index in [2.05, 4.69) is 0 Å². The summed E-state index contributed by atoms with van der Waals surface area (Å²) >= 11 is 0. The van der Waals surface area contributed by atoms with Crippen molar-refractivity contribution in [2.45, 2.75) is 39.3 Å². The van der Waals surface area contributed by atoms with Crippen molar-refractivity contribution < 1.29 is 28.5 Å². The molecule has 0 saturated carbocycles. The van der Waals surface area contributed by atoms with E-state index in [1.807, 2.05) is 6.92 Å². The van der Waals surface area contributed by atoms with Gasteiger partial charge in [0.15, 0.2) is 6.10 Å². The van der Waals surface area contributed by atoms with Crippen molar-refractivity contribution in [2.75, 3.05) is 13.7 Å². The molecule has 1 fully saturated rings. The highest BCUT2D eigenvalue weighted by molar-refractivity contribution is 5.67. The van der Waals surface area contributed by atoms with E-state index in [0.29, 0.717) is 6.61 Å². The van der Waals surface area contributed by atoms with Crippen molar-refractivity contribution in [2.24, 2.45) is 5.92 Å². The summed E-state index contributed by atoms with van der Waals surface area (Å²) in [5.41, 5.74) is 0. The lowest BCUT2D eigenvalue weighted by molar-refractivity contribution is -0.256. The van der Waals surface area contributed by atoms with Gasteiger partial charge in [-0.25, -0.2) is 0 Å². The van der Waals surface area contributed by atoms with Crippen LogP contribution in [0, 0.1) is 5.92 Å². The van der Waals surface area contributed by atoms with Gasteiger partial charge in [0.05, 0.1) is 12.7 Å². The first-order chi connectivity index (χ1) is 7.95. The Morgan fingerprint density at radius 1 is 1.18 bits per heavy atom. The van der Waals surface area contributed by atoms with Crippen LogP contribution in [0.5, 0.6) is 0 Å². The summed E-state index contributed by atoms with van der Waals surface area (Å²) in [4.78, 5) is 22.0. The van der Waals surface area contributed by atoms with Crippen LogP contribution in [0.25, 0.3) is 0 Å². The lowest BCUT2D eigenvalue weighted by Crippen LogP contribution is -2.51. The molecule has 98 valence electrons. The minimum absolute atomic E-state index is 0.109. The number of hydrogen-bond donors (Lipinski definition) is 0. The zero-order valence-corrected chi connectivity index (χ0v) is 10.5. The second-order valence-electron chi connectivity index (χ2n) is 4.02. The van der Waals surface area contributed by atoms with Crippen molar-refractivity contribution in [1.29, 1.82) is 0 Å². The number of hydrogen-bond acceptors (Lipinski definition) is 6. The average Bonchev–Trinajstić information content (AvgIpc) is 2.22. The van der Waals surface area contributed by atoms with Gasteiger partial charge in [-0.15, -0.1) is 0 Å². The van der Waals surface area contributed by atoms with E-state index < -0.39 is 24.3 Å². The molecule has 0 radical (unpaired) electrons. The van der Waals surface area contributed by atoms with Gasteiger partial charge < -0.3 is 18.9 Å². The highest BCUT2D eigenvalue weighted by Crippen LogP contribution is 2.26. The van der Waals surface area contributed by atoms with Crippen LogP contribution in [0.2, 0.25) is 0 Å². The number of rotatable bonds is 3. The van der Waals surface area contributed by atoms with Gasteiger partial charge in [0.25, 0.3) is 0 Å². The Kier molecular flexibility index (Phi) is 4.89. The Morgan fingerprint density at radius 2 is 1.76 bits per heavy atom. The molecule has 17 heavy (non-hydrogen) atoms. The molecule has 0 bridgehead atoms. The molecule has 6 heteroatoms. The molecule has 1 saturated heterocycles. The van der Waals surface area contributed by atoms with Crippen LogP contribution in [-0.2, 0) is 28.5 Å². The van der Waals surface area contributed by atoms with Crippen molar-refractivity contribution in [3.8, 4) is 0 Å². The molecule has 0 aliphatic carbocycles. The molecular weight excluding hydrogens is 228 g/mol. The van der Waals surface area contributed by atoms with Crippen LogP contribution in [0.3, 0.4) is 0 Å². The molecule has 1 aliphatic heterocycles. The average molecular weight is 246 g/mol.